The highest BCUT2D eigenvalue weighted by Gasteiger charge is 2.34. The van der Waals surface area contributed by atoms with E-state index in [1.54, 1.807) is 0 Å². The van der Waals surface area contributed by atoms with Crippen LogP contribution in [0.3, 0.4) is 0 Å². The molecule has 174 valence electrons. The van der Waals surface area contributed by atoms with Gasteiger partial charge in [0, 0.05) is 7.05 Å². The Kier molecular flexibility index (Phi) is 5.11. The minimum absolute atomic E-state index is 0.0470. The number of hydrogen-bond acceptors (Lipinski definition) is 6. The number of pyridine rings is 1. The summed E-state index contributed by atoms with van der Waals surface area (Å²) in [4.78, 5) is 15.6. The van der Waals surface area contributed by atoms with Crippen LogP contribution in [0.1, 0.15) is 18.2 Å². The van der Waals surface area contributed by atoms with Crippen LogP contribution in [0.5, 0.6) is 0 Å². The number of benzene rings is 1. The second-order valence-electron chi connectivity index (χ2n) is 7.03. The van der Waals surface area contributed by atoms with Crippen molar-refractivity contribution in [3.05, 3.63) is 41.7 Å². The number of sulfone groups is 1. The van der Waals surface area contributed by atoms with E-state index in [0.717, 1.165) is 18.3 Å². The van der Waals surface area contributed by atoms with E-state index >= 15 is 0 Å². The zero-order valence-electron chi connectivity index (χ0n) is 16.8. The molecule has 0 aliphatic rings. The SMILES string of the molecule is CCS(=O)(=O)c1nc2cc(C(F)(F)F)ccc2nc1-c1nc2cc(C(F)(F)F)ncc2n1C. The largest absolute Gasteiger partial charge is 0.433 e. The number of aryl methyl sites for hydroxylation is 1. The van der Waals surface area contributed by atoms with Crippen LogP contribution in [0, 0.1) is 0 Å². The summed E-state index contributed by atoms with van der Waals surface area (Å²) in [6.45, 7) is 1.31. The van der Waals surface area contributed by atoms with Gasteiger partial charge in [-0.3, -0.25) is 0 Å². The van der Waals surface area contributed by atoms with Crippen molar-refractivity contribution < 1.29 is 34.8 Å². The number of nitrogens with zero attached hydrogens (tertiary/aromatic N) is 5. The fraction of sp³-hybridized carbons (Fsp3) is 0.263. The summed E-state index contributed by atoms with van der Waals surface area (Å²) in [6, 6.07) is 3.18. The van der Waals surface area contributed by atoms with Crippen molar-refractivity contribution in [3.63, 3.8) is 0 Å². The van der Waals surface area contributed by atoms with Gasteiger partial charge in [-0.1, -0.05) is 6.92 Å². The van der Waals surface area contributed by atoms with E-state index < -0.39 is 44.2 Å². The molecule has 7 nitrogen and oxygen atoms in total. The van der Waals surface area contributed by atoms with Gasteiger partial charge in [-0.15, -0.1) is 0 Å². The average Bonchev–Trinajstić information content (AvgIpc) is 3.07. The molecular formula is C19H13F6N5O2S. The first-order valence-electron chi connectivity index (χ1n) is 9.24. The van der Waals surface area contributed by atoms with Crippen LogP contribution in [-0.4, -0.2) is 38.7 Å². The molecule has 0 bridgehead atoms. The van der Waals surface area contributed by atoms with E-state index in [9.17, 15) is 34.8 Å². The Bertz CT molecular complexity index is 1510. The first kappa shape index (κ1) is 22.9. The Morgan fingerprint density at radius 1 is 0.909 bits per heavy atom. The molecule has 0 saturated carbocycles. The summed E-state index contributed by atoms with van der Waals surface area (Å²) in [5.41, 5.74) is -2.84. The number of halogens is 6. The molecule has 14 heteroatoms. The van der Waals surface area contributed by atoms with E-state index in [0.29, 0.717) is 12.1 Å². The number of aromatic nitrogens is 5. The molecule has 0 amide bonds. The molecule has 0 atom stereocenters. The van der Waals surface area contributed by atoms with Crippen LogP contribution >= 0.6 is 0 Å². The first-order valence-corrected chi connectivity index (χ1v) is 10.9. The third-order valence-corrected chi connectivity index (χ3v) is 6.54. The number of fused-ring (bicyclic) bond motifs is 2. The molecule has 0 aliphatic carbocycles. The molecule has 4 aromatic rings. The van der Waals surface area contributed by atoms with Gasteiger partial charge in [0.05, 0.1) is 39.6 Å². The Hall–Kier alpha value is -3.29. The van der Waals surface area contributed by atoms with Crippen molar-refractivity contribution in [1.29, 1.82) is 0 Å². The molecule has 0 radical (unpaired) electrons. The Balaban J connectivity index is 2.02. The van der Waals surface area contributed by atoms with Crippen LogP contribution in [0.2, 0.25) is 0 Å². The molecule has 0 saturated heterocycles. The number of imidazole rings is 1. The predicted octanol–water partition coefficient (Wildman–Crippen LogP) is 4.41. The van der Waals surface area contributed by atoms with Gasteiger partial charge in [0.25, 0.3) is 0 Å². The van der Waals surface area contributed by atoms with Gasteiger partial charge in [0.15, 0.2) is 20.7 Å². The lowest BCUT2D eigenvalue weighted by atomic mass is 10.2. The summed E-state index contributed by atoms with van der Waals surface area (Å²) in [6.07, 6.45) is -8.47. The molecule has 33 heavy (non-hydrogen) atoms. The number of alkyl halides is 6. The first-order chi connectivity index (χ1) is 15.2. The molecule has 1 aromatic carbocycles. The van der Waals surface area contributed by atoms with Crippen molar-refractivity contribution in [2.75, 3.05) is 5.75 Å². The minimum atomic E-state index is -4.72. The highest BCUT2D eigenvalue weighted by Crippen LogP contribution is 2.34. The van der Waals surface area contributed by atoms with Crippen LogP contribution in [0.15, 0.2) is 35.5 Å². The Morgan fingerprint density at radius 3 is 2.21 bits per heavy atom. The van der Waals surface area contributed by atoms with E-state index in [-0.39, 0.29) is 33.6 Å². The fourth-order valence-electron chi connectivity index (χ4n) is 3.17. The molecule has 0 unspecified atom stereocenters. The van der Waals surface area contributed by atoms with Gasteiger partial charge in [-0.05, 0) is 24.3 Å². The van der Waals surface area contributed by atoms with Crippen LogP contribution in [-0.2, 0) is 29.2 Å². The topological polar surface area (TPSA) is 90.6 Å². The highest BCUT2D eigenvalue weighted by molar-refractivity contribution is 7.91. The van der Waals surface area contributed by atoms with E-state index in [2.05, 4.69) is 19.9 Å². The summed E-state index contributed by atoms with van der Waals surface area (Å²) >= 11 is 0. The third-order valence-electron chi connectivity index (χ3n) is 4.90. The highest BCUT2D eigenvalue weighted by atomic mass is 32.2. The smallest absolute Gasteiger partial charge is 0.324 e. The number of rotatable bonds is 3. The maximum Gasteiger partial charge on any atom is 0.433 e. The zero-order chi connectivity index (χ0) is 24.3. The fourth-order valence-corrected chi connectivity index (χ4v) is 4.11. The van der Waals surface area contributed by atoms with Gasteiger partial charge < -0.3 is 4.57 Å². The quantitative estimate of drug-likeness (QED) is 0.396. The summed E-state index contributed by atoms with van der Waals surface area (Å²) in [5.74, 6) is -0.574. The van der Waals surface area contributed by atoms with Crippen molar-refractivity contribution in [3.8, 4) is 11.5 Å². The van der Waals surface area contributed by atoms with Gasteiger partial charge in [0.1, 0.15) is 11.4 Å². The summed E-state index contributed by atoms with van der Waals surface area (Å²) < 4.78 is 105. The van der Waals surface area contributed by atoms with Gasteiger partial charge in [0.2, 0.25) is 0 Å². The zero-order valence-corrected chi connectivity index (χ0v) is 17.6. The molecule has 3 heterocycles. The van der Waals surface area contributed by atoms with Crippen molar-refractivity contribution >= 4 is 31.9 Å². The van der Waals surface area contributed by atoms with E-state index in [1.165, 1.54) is 18.5 Å². The normalized spacial score (nSPS) is 13.2. The molecule has 0 fully saturated rings. The number of hydrogen-bond donors (Lipinski definition) is 0. The lowest BCUT2D eigenvalue weighted by Gasteiger charge is -2.11. The van der Waals surface area contributed by atoms with Gasteiger partial charge >= 0.3 is 12.4 Å². The third kappa shape index (κ3) is 3.98. The van der Waals surface area contributed by atoms with Crippen LogP contribution in [0.4, 0.5) is 26.3 Å². The molecule has 0 N–H and O–H groups in total. The molecule has 4 rings (SSSR count). The predicted molar refractivity (Wildman–Crippen MR) is 105 cm³/mol. The van der Waals surface area contributed by atoms with Gasteiger partial charge in [-0.2, -0.15) is 26.3 Å². The van der Waals surface area contributed by atoms with Crippen molar-refractivity contribution in [2.24, 2.45) is 7.05 Å². The Morgan fingerprint density at radius 2 is 1.61 bits per heavy atom. The maximum atomic E-state index is 13.1. The molecule has 3 aromatic heterocycles. The summed E-state index contributed by atoms with van der Waals surface area (Å²) in [5, 5.41) is -0.626. The second kappa shape index (κ2) is 7.37. The molecule has 0 aliphatic heterocycles. The molecular weight excluding hydrogens is 476 g/mol. The van der Waals surface area contributed by atoms with E-state index in [1.807, 2.05) is 0 Å². The Labute approximate surface area is 182 Å². The maximum absolute atomic E-state index is 13.1. The van der Waals surface area contributed by atoms with E-state index in [4.69, 9.17) is 0 Å². The second-order valence-corrected chi connectivity index (χ2v) is 9.23. The van der Waals surface area contributed by atoms with Crippen molar-refractivity contribution in [2.45, 2.75) is 24.3 Å². The lowest BCUT2D eigenvalue weighted by Crippen LogP contribution is -2.12. The standard InChI is InChI=1S/C19H13F6N5O2S/c1-3-33(31,32)17-15(27-10-5-4-9(18(20,21)22)6-11(10)29-17)16-28-12-7-14(19(23,24)25)26-8-13(12)30(16)2/h4-8H,3H2,1-2H3. The molecule has 0 spiro atoms. The van der Waals surface area contributed by atoms with Gasteiger partial charge in [-0.25, -0.2) is 28.4 Å². The summed E-state index contributed by atoms with van der Waals surface area (Å²) in [7, 11) is -2.69. The minimum Gasteiger partial charge on any atom is -0.324 e. The van der Waals surface area contributed by atoms with Crippen molar-refractivity contribution in [1.82, 2.24) is 24.5 Å². The monoisotopic (exact) mass is 489 g/mol. The average molecular weight is 489 g/mol. The van der Waals surface area contributed by atoms with Crippen LogP contribution in [0.25, 0.3) is 33.6 Å². The lowest BCUT2D eigenvalue weighted by molar-refractivity contribution is -0.141. The van der Waals surface area contributed by atoms with Crippen LogP contribution < -0.4 is 0 Å².